The van der Waals surface area contributed by atoms with Crippen molar-refractivity contribution in [1.82, 2.24) is 13.9 Å². The van der Waals surface area contributed by atoms with E-state index in [2.05, 4.69) is 80.7 Å². The molecule has 0 saturated carbocycles. The second-order valence-electron chi connectivity index (χ2n) is 7.24. The maximum atomic E-state index is 6.58. The van der Waals surface area contributed by atoms with Crippen molar-refractivity contribution >= 4 is 46.0 Å². The van der Waals surface area contributed by atoms with Gasteiger partial charge in [-0.25, -0.2) is 0 Å². The first-order valence-corrected chi connectivity index (χ1v) is 13.5. The molecule has 2 saturated heterocycles. The molecular formula is C20H27IN3O2PS. The van der Waals surface area contributed by atoms with Crippen molar-refractivity contribution in [3.05, 3.63) is 45.3 Å². The van der Waals surface area contributed by atoms with E-state index in [9.17, 15) is 0 Å². The Morgan fingerprint density at radius 3 is 1.89 bits per heavy atom. The summed E-state index contributed by atoms with van der Waals surface area (Å²) >= 11 is 8.93. The Morgan fingerprint density at radius 1 is 0.893 bits per heavy atom. The van der Waals surface area contributed by atoms with E-state index in [4.69, 9.17) is 21.3 Å². The van der Waals surface area contributed by atoms with E-state index < -0.39 is 6.34 Å². The van der Waals surface area contributed by atoms with Gasteiger partial charge in [0, 0.05) is 52.1 Å². The van der Waals surface area contributed by atoms with Crippen LogP contribution < -0.4 is 5.30 Å². The molecule has 0 bridgehead atoms. The lowest BCUT2D eigenvalue weighted by Crippen LogP contribution is -2.46. The minimum Gasteiger partial charge on any atom is -0.379 e. The molecule has 2 aromatic rings. The first-order valence-electron chi connectivity index (χ1n) is 9.73. The number of rotatable bonds is 4. The highest BCUT2D eigenvalue weighted by Crippen LogP contribution is 2.54. The molecule has 1 aromatic heterocycles. The van der Waals surface area contributed by atoms with Crippen LogP contribution in [0, 0.1) is 17.4 Å². The summed E-state index contributed by atoms with van der Waals surface area (Å²) < 4.78 is 19.9. The summed E-state index contributed by atoms with van der Waals surface area (Å²) in [6, 6.07) is 11.0. The number of hydrogen-bond donors (Lipinski definition) is 0. The Hall–Kier alpha value is -0.280. The van der Waals surface area contributed by atoms with Crippen LogP contribution in [0.25, 0.3) is 5.69 Å². The van der Waals surface area contributed by atoms with Gasteiger partial charge in [-0.3, -0.25) is 9.34 Å². The van der Waals surface area contributed by atoms with Gasteiger partial charge in [0.1, 0.15) is 6.34 Å². The molecule has 28 heavy (non-hydrogen) atoms. The fraction of sp³-hybridized carbons (Fsp3) is 0.500. The third-order valence-electron chi connectivity index (χ3n) is 5.54. The summed E-state index contributed by atoms with van der Waals surface area (Å²) in [4.78, 5) is 0. The van der Waals surface area contributed by atoms with Gasteiger partial charge in [0.05, 0.1) is 26.4 Å². The quantitative estimate of drug-likeness (QED) is 0.447. The maximum absolute atomic E-state index is 6.58. The van der Waals surface area contributed by atoms with E-state index in [0.717, 1.165) is 52.6 Å². The monoisotopic (exact) mass is 531 g/mol. The summed E-state index contributed by atoms with van der Waals surface area (Å²) in [5.74, 6) is 0. The second kappa shape index (κ2) is 8.84. The Bertz CT molecular complexity index is 852. The lowest BCUT2D eigenvalue weighted by molar-refractivity contribution is 0.0589. The van der Waals surface area contributed by atoms with Crippen LogP contribution in [0.1, 0.15) is 11.4 Å². The average Bonchev–Trinajstić information content (AvgIpc) is 3.04. The highest BCUT2D eigenvalue weighted by atomic mass is 127. The molecule has 152 valence electrons. The van der Waals surface area contributed by atoms with Crippen LogP contribution in [0.15, 0.2) is 30.3 Å². The number of nitrogens with zero attached hydrogens (tertiary/aromatic N) is 3. The van der Waals surface area contributed by atoms with E-state index in [1.54, 1.807) is 0 Å². The van der Waals surface area contributed by atoms with Gasteiger partial charge in [-0.05, 0) is 66.8 Å². The molecule has 4 rings (SSSR count). The van der Waals surface area contributed by atoms with Crippen molar-refractivity contribution in [1.29, 1.82) is 0 Å². The van der Waals surface area contributed by atoms with E-state index in [-0.39, 0.29) is 0 Å². The number of aromatic nitrogens is 1. The molecule has 0 unspecified atom stereocenters. The van der Waals surface area contributed by atoms with Crippen molar-refractivity contribution < 1.29 is 9.47 Å². The predicted molar refractivity (Wildman–Crippen MR) is 127 cm³/mol. The van der Waals surface area contributed by atoms with E-state index >= 15 is 0 Å². The Balaban J connectivity index is 1.81. The molecule has 8 heteroatoms. The normalized spacial score (nSPS) is 19.8. The minimum absolute atomic E-state index is 0.762. The third kappa shape index (κ3) is 3.87. The molecule has 0 radical (unpaired) electrons. The number of aryl methyl sites for hydroxylation is 1. The Kier molecular flexibility index (Phi) is 6.62. The Labute approximate surface area is 186 Å². The van der Waals surface area contributed by atoms with Gasteiger partial charge in [-0.2, -0.15) is 0 Å². The van der Waals surface area contributed by atoms with E-state index in [1.807, 2.05) is 0 Å². The lowest BCUT2D eigenvalue weighted by atomic mass is 10.3. The first-order chi connectivity index (χ1) is 13.5. The van der Waals surface area contributed by atoms with Crippen LogP contribution >= 0.6 is 28.9 Å². The van der Waals surface area contributed by atoms with Gasteiger partial charge in [-0.1, -0.05) is 11.8 Å². The molecule has 2 aliphatic rings. The fourth-order valence-corrected chi connectivity index (χ4v) is 9.31. The number of benzene rings is 1. The standard InChI is InChI=1S/C20H27IN3O2PS/c1-16-15-20(17(2)24(16)19-5-3-18(21)4-6-19)27(28,22-7-11-25-12-8-22)23-9-13-26-14-10-23/h3-6,15H,7-14H2,1-2H3. The summed E-state index contributed by atoms with van der Waals surface area (Å²) in [6.45, 7) is 11.1. The molecular weight excluding hydrogens is 504 g/mol. The van der Waals surface area contributed by atoms with Crippen LogP contribution in [-0.2, 0) is 21.3 Å². The molecule has 1 aromatic carbocycles. The van der Waals surface area contributed by atoms with Crippen LogP contribution in [0.4, 0.5) is 0 Å². The van der Waals surface area contributed by atoms with Crippen molar-refractivity contribution in [2.75, 3.05) is 52.6 Å². The maximum Gasteiger partial charge on any atom is 0.109 e. The summed E-state index contributed by atoms with van der Waals surface area (Å²) in [5, 5.41) is 1.32. The third-order valence-corrected chi connectivity index (χ3v) is 11.7. The molecule has 0 aliphatic carbocycles. The van der Waals surface area contributed by atoms with Crippen LogP contribution in [-0.4, -0.2) is 66.5 Å². The topological polar surface area (TPSA) is 29.9 Å². The average molecular weight is 531 g/mol. The summed E-state index contributed by atoms with van der Waals surface area (Å²) in [6.07, 6.45) is -2.08. The summed E-state index contributed by atoms with van der Waals surface area (Å²) in [7, 11) is 0. The number of ether oxygens (including phenoxy) is 2. The molecule has 2 aliphatic heterocycles. The molecule has 0 N–H and O–H groups in total. The van der Waals surface area contributed by atoms with Gasteiger partial charge >= 0.3 is 0 Å². The largest absolute Gasteiger partial charge is 0.379 e. The molecule has 3 heterocycles. The minimum atomic E-state index is -2.08. The zero-order chi connectivity index (χ0) is 19.7. The highest BCUT2D eigenvalue weighted by molar-refractivity contribution is 14.1. The number of hydrogen-bond acceptors (Lipinski definition) is 3. The van der Waals surface area contributed by atoms with Crippen LogP contribution in [0.5, 0.6) is 0 Å². The highest BCUT2D eigenvalue weighted by Gasteiger charge is 2.38. The number of morpholine rings is 2. The zero-order valence-corrected chi connectivity index (χ0v) is 20.3. The van der Waals surface area contributed by atoms with Crippen molar-refractivity contribution in [3.8, 4) is 5.69 Å². The van der Waals surface area contributed by atoms with Gasteiger partial charge in [0.25, 0.3) is 0 Å². The summed E-state index contributed by atoms with van der Waals surface area (Å²) in [5.41, 5.74) is 3.71. The molecule has 0 spiro atoms. The van der Waals surface area contributed by atoms with Crippen LogP contribution in [0.2, 0.25) is 0 Å². The SMILES string of the molecule is Cc1cc(P(=S)(N2CCOCC2)N2CCOCC2)c(C)n1-c1ccc(I)cc1. The predicted octanol–water partition coefficient (Wildman–Crippen LogP) is 3.30. The van der Waals surface area contributed by atoms with Crippen molar-refractivity contribution in [3.63, 3.8) is 0 Å². The van der Waals surface area contributed by atoms with Crippen LogP contribution in [0.3, 0.4) is 0 Å². The zero-order valence-electron chi connectivity index (χ0n) is 16.4. The fourth-order valence-electron chi connectivity index (χ4n) is 4.16. The first kappa shape index (κ1) is 21.0. The van der Waals surface area contributed by atoms with Gasteiger partial charge in [-0.15, -0.1) is 0 Å². The van der Waals surface area contributed by atoms with Gasteiger partial charge in [0.15, 0.2) is 0 Å². The Morgan fingerprint density at radius 2 is 1.39 bits per heavy atom. The molecule has 5 nitrogen and oxygen atoms in total. The number of halogens is 1. The molecule has 2 fully saturated rings. The molecule has 0 atom stereocenters. The second-order valence-corrected chi connectivity index (χ2v) is 12.7. The van der Waals surface area contributed by atoms with Gasteiger partial charge in [0.2, 0.25) is 0 Å². The van der Waals surface area contributed by atoms with Gasteiger partial charge < -0.3 is 14.0 Å². The lowest BCUT2D eigenvalue weighted by Gasteiger charge is -2.45. The van der Waals surface area contributed by atoms with Crippen molar-refractivity contribution in [2.24, 2.45) is 0 Å². The molecule has 0 amide bonds. The van der Waals surface area contributed by atoms with E-state index in [1.165, 1.54) is 25.9 Å². The smallest absolute Gasteiger partial charge is 0.109 e. The van der Waals surface area contributed by atoms with Crippen molar-refractivity contribution in [2.45, 2.75) is 13.8 Å². The van der Waals surface area contributed by atoms with E-state index in [0.29, 0.717) is 0 Å².